The number of unbranched alkanes of at least 4 members (excludes halogenated alkanes) is 65. The van der Waals surface area contributed by atoms with Crippen LogP contribution in [-0.4, -0.2) is 47.4 Å². The second-order valence-corrected chi connectivity index (χ2v) is 27.8. The van der Waals surface area contributed by atoms with E-state index in [9.17, 15) is 19.8 Å². The van der Waals surface area contributed by atoms with Gasteiger partial charge in [0.15, 0.2) is 0 Å². The number of hydrogen-bond donors (Lipinski definition) is 3. The lowest BCUT2D eigenvalue weighted by atomic mass is 10.0. The van der Waals surface area contributed by atoms with Crippen LogP contribution < -0.4 is 5.32 Å². The lowest BCUT2D eigenvalue weighted by Crippen LogP contribution is -2.45. The average molecular weight is 1210 g/mol. The third-order valence-corrected chi connectivity index (χ3v) is 19.1. The summed E-state index contributed by atoms with van der Waals surface area (Å²) in [7, 11) is 0. The van der Waals surface area contributed by atoms with Gasteiger partial charge in [0.2, 0.25) is 5.91 Å². The molecular formula is C80H157NO5. The van der Waals surface area contributed by atoms with Crippen molar-refractivity contribution in [2.75, 3.05) is 13.2 Å². The second kappa shape index (κ2) is 76.1. The standard InChI is InChI=1S/C80H157NO5/c1-3-5-7-9-11-13-15-17-18-19-39-42-45-49-52-56-60-64-68-72-78(83)77(76-82)81-79(84)73-69-65-61-57-53-50-46-43-40-37-35-33-31-29-27-25-23-21-20-22-24-26-28-30-32-34-36-38-41-44-47-51-55-59-63-67-71-75-86-80(85)74-70-66-62-58-54-48-16-14-12-10-8-6-4-2/h68,72,77-78,82-83H,3-67,69-71,73-76H2,1-2H3,(H,81,84)/b72-68+. The van der Waals surface area contributed by atoms with Crippen molar-refractivity contribution in [3.63, 3.8) is 0 Å². The summed E-state index contributed by atoms with van der Waals surface area (Å²) in [6.45, 7) is 4.96. The number of aliphatic hydroxyl groups excluding tert-OH is 2. The summed E-state index contributed by atoms with van der Waals surface area (Å²) in [5, 5.41) is 23.3. The van der Waals surface area contributed by atoms with E-state index in [1.54, 1.807) is 6.08 Å². The molecule has 0 heterocycles. The summed E-state index contributed by atoms with van der Waals surface area (Å²) < 4.78 is 5.50. The molecule has 86 heavy (non-hydrogen) atoms. The number of carbonyl (C=O) groups excluding carboxylic acids is 2. The first-order chi connectivity index (χ1) is 42.5. The van der Waals surface area contributed by atoms with Gasteiger partial charge in [0.25, 0.3) is 0 Å². The van der Waals surface area contributed by atoms with Crippen LogP contribution in [0.4, 0.5) is 0 Å². The highest BCUT2D eigenvalue weighted by Gasteiger charge is 2.18. The van der Waals surface area contributed by atoms with E-state index in [0.717, 1.165) is 38.5 Å². The van der Waals surface area contributed by atoms with Crippen molar-refractivity contribution >= 4 is 11.9 Å². The number of rotatable bonds is 76. The summed E-state index contributed by atoms with van der Waals surface area (Å²) in [4.78, 5) is 24.6. The van der Waals surface area contributed by atoms with Gasteiger partial charge in [-0.25, -0.2) is 0 Å². The minimum atomic E-state index is -0.840. The van der Waals surface area contributed by atoms with Crippen molar-refractivity contribution in [2.45, 2.75) is 475 Å². The van der Waals surface area contributed by atoms with E-state index in [2.05, 4.69) is 19.2 Å². The number of ether oxygens (including phenoxy) is 1. The molecule has 0 aliphatic carbocycles. The molecular weight excluding hydrogens is 1050 g/mol. The molecule has 0 aliphatic heterocycles. The van der Waals surface area contributed by atoms with E-state index in [1.807, 2.05) is 6.08 Å². The fraction of sp³-hybridized carbons (Fsp3) is 0.950. The molecule has 3 N–H and O–H groups in total. The van der Waals surface area contributed by atoms with Gasteiger partial charge in [0, 0.05) is 12.8 Å². The molecule has 2 unspecified atom stereocenters. The van der Waals surface area contributed by atoms with Gasteiger partial charge < -0.3 is 20.3 Å². The van der Waals surface area contributed by atoms with Crippen LogP contribution in [0.25, 0.3) is 0 Å². The molecule has 0 saturated carbocycles. The topological polar surface area (TPSA) is 95.9 Å². The van der Waals surface area contributed by atoms with Crippen LogP contribution in [0.15, 0.2) is 12.2 Å². The fourth-order valence-corrected chi connectivity index (χ4v) is 13.0. The van der Waals surface area contributed by atoms with Crippen LogP contribution in [-0.2, 0) is 14.3 Å². The van der Waals surface area contributed by atoms with Gasteiger partial charge in [0.05, 0.1) is 25.4 Å². The van der Waals surface area contributed by atoms with Gasteiger partial charge in [-0.3, -0.25) is 9.59 Å². The van der Waals surface area contributed by atoms with Gasteiger partial charge in [-0.2, -0.15) is 0 Å². The Morgan fingerprint density at radius 2 is 0.535 bits per heavy atom. The summed E-state index contributed by atoms with van der Waals surface area (Å²) in [5.41, 5.74) is 0. The molecule has 0 rings (SSSR count). The minimum Gasteiger partial charge on any atom is -0.466 e. The van der Waals surface area contributed by atoms with Crippen molar-refractivity contribution in [3.8, 4) is 0 Å². The summed E-state index contributed by atoms with van der Waals surface area (Å²) >= 11 is 0. The number of allylic oxidation sites excluding steroid dienone is 1. The van der Waals surface area contributed by atoms with Gasteiger partial charge in [-0.1, -0.05) is 431 Å². The highest BCUT2D eigenvalue weighted by molar-refractivity contribution is 5.76. The molecule has 0 radical (unpaired) electrons. The molecule has 0 aromatic rings. The lowest BCUT2D eigenvalue weighted by molar-refractivity contribution is -0.143. The van der Waals surface area contributed by atoms with E-state index >= 15 is 0 Å². The number of nitrogens with one attached hydrogen (secondary N) is 1. The molecule has 0 aromatic heterocycles. The Morgan fingerprint density at radius 1 is 0.314 bits per heavy atom. The highest BCUT2D eigenvalue weighted by Crippen LogP contribution is 2.20. The highest BCUT2D eigenvalue weighted by atomic mass is 16.5. The zero-order valence-electron chi connectivity index (χ0n) is 58.8. The van der Waals surface area contributed by atoms with E-state index in [0.29, 0.717) is 19.4 Å². The molecule has 512 valence electrons. The summed E-state index contributed by atoms with van der Waals surface area (Å²) in [6, 6.07) is -0.623. The van der Waals surface area contributed by atoms with Gasteiger partial charge >= 0.3 is 5.97 Å². The summed E-state index contributed by atoms with van der Waals surface area (Å²) in [6.07, 6.45) is 96.3. The Labute approximate surface area is 539 Å². The minimum absolute atomic E-state index is 0.0258. The Hall–Kier alpha value is -1.40. The molecule has 0 aliphatic rings. The van der Waals surface area contributed by atoms with Crippen molar-refractivity contribution in [1.29, 1.82) is 0 Å². The molecule has 0 fully saturated rings. The number of amides is 1. The molecule has 0 bridgehead atoms. The van der Waals surface area contributed by atoms with Crippen LogP contribution in [0.3, 0.4) is 0 Å². The van der Waals surface area contributed by atoms with Crippen LogP contribution >= 0.6 is 0 Å². The number of esters is 1. The molecule has 2 atom stereocenters. The first kappa shape index (κ1) is 84.6. The third-order valence-electron chi connectivity index (χ3n) is 19.1. The Morgan fingerprint density at radius 3 is 0.791 bits per heavy atom. The fourth-order valence-electron chi connectivity index (χ4n) is 13.0. The monoisotopic (exact) mass is 1210 g/mol. The predicted octanol–water partition coefficient (Wildman–Crippen LogP) is 26.3. The van der Waals surface area contributed by atoms with E-state index < -0.39 is 12.1 Å². The number of hydrogen-bond acceptors (Lipinski definition) is 5. The van der Waals surface area contributed by atoms with Crippen LogP contribution in [0.1, 0.15) is 463 Å². The van der Waals surface area contributed by atoms with Crippen LogP contribution in [0.5, 0.6) is 0 Å². The molecule has 6 heteroatoms. The second-order valence-electron chi connectivity index (χ2n) is 27.8. The van der Waals surface area contributed by atoms with Gasteiger partial charge in [0.1, 0.15) is 0 Å². The van der Waals surface area contributed by atoms with Gasteiger partial charge in [-0.05, 0) is 32.1 Å². The predicted molar refractivity (Wildman–Crippen MR) is 380 cm³/mol. The first-order valence-corrected chi connectivity index (χ1v) is 40.0. The number of carbonyl (C=O) groups is 2. The van der Waals surface area contributed by atoms with E-state index in [4.69, 9.17) is 4.74 Å². The molecule has 6 nitrogen and oxygen atoms in total. The van der Waals surface area contributed by atoms with Crippen molar-refractivity contribution < 1.29 is 24.5 Å². The van der Waals surface area contributed by atoms with Crippen molar-refractivity contribution in [3.05, 3.63) is 12.2 Å². The Balaban J connectivity index is 3.31. The third kappa shape index (κ3) is 71.7. The van der Waals surface area contributed by atoms with E-state index in [1.165, 1.54) is 398 Å². The van der Waals surface area contributed by atoms with Crippen molar-refractivity contribution in [1.82, 2.24) is 5.32 Å². The molecule has 0 spiro atoms. The van der Waals surface area contributed by atoms with E-state index in [-0.39, 0.29) is 18.5 Å². The normalized spacial score (nSPS) is 12.5. The maximum Gasteiger partial charge on any atom is 0.305 e. The Bertz CT molecular complexity index is 1300. The quantitative estimate of drug-likeness (QED) is 0.0320. The van der Waals surface area contributed by atoms with Crippen LogP contribution in [0, 0.1) is 0 Å². The molecule has 0 aromatic carbocycles. The smallest absolute Gasteiger partial charge is 0.305 e. The first-order valence-electron chi connectivity index (χ1n) is 40.0. The Kier molecular flexibility index (Phi) is 74.8. The number of aliphatic hydroxyl groups is 2. The maximum atomic E-state index is 12.5. The molecule has 1 amide bonds. The SMILES string of the molecule is CCCCCCCCCCCCCCCCCCC/C=C/C(O)C(CO)NC(=O)CCCCCCCCCCCCCCCCCCCCCCCCCCCCCCCCCCCCCCCOC(=O)CCCCCCCCCCCCCCC. The van der Waals surface area contributed by atoms with Gasteiger partial charge in [-0.15, -0.1) is 0 Å². The zero-order valence-corrected chi connectivity index (χ0v) is 58.8. The van der Waals surface area contributed by atoms with Crippen LogP contribution in [0.2, 0.25) is 0 Å². The molecule has 0 saturated heterocycles. The lowest BCUT2D eigenvalue weighted by Gasteiger charge is -2.20. The largest absolute Gasteiger partial charge is 0.466 e. The maximum absolute atomic E-state index is 12.5. The average Bonchev–Trinajstić information content (AvgIpc) is 3.56. The summed E-state index contributed by atoms with van der Waals surface area (Å²) in [5.74, 6) is -0.0316. The zero-order chi connectivity index (χ0) is 62.0. The van der Waals surface area contributed by atoms with Crippen molar-refractivity contribution in [2.24, 2.45) is 0 Å².